The largest absolute Gasteiger partial charge is 0.497 e. The minimum absolute atomic E-state index is 0.169. The van der Waals surface area contributed by atoms with Crippen LogP contribution in [-0.4, -0.2) is 53.9 Å². The summed E-state index contributed by atoms with van der Waals surface area (Å²) in [5.41, 5.74) is 0.556. The molecule has 1 N–H and O–H groups in total. The maximum Gasteiger partial charge on any atom is 0.237 e. The van der Waals surface area contributed by atoms with Crippen LogP contribution in [0.15, 0.2) is 29.7 Å². The number of benzene rings is 1. The summed E-state index contributed by atoms with van der Waals surface area (Å²) in [6.07, 6.45) is 1.62. The molecule has 25 heavy (non-hydrogen) atoms. The number of hydrogen-bond donors (Lipinski definition) is 1. The fourth-order valence-corrected chi connectivity index (χ4v) is 2.89. The average molecular weight is 366 g/mol. The molecule has 2 aromatic rings. The Morgan fingerprint density at radius 2 is 2.12 bits per heavy atom. The zero-order chi connectivity index (χ0) is 18.2. The van der Waals surface area contributed by atoms with Crippen LogP contribution in [0, 0.1) is 0 Å². The first-order valence-corrected chi connectivity index (χ1v) is 8.53. The Hall–Kier alpha value is -2.26. The highest BCUT2D eigenvalue weighted by Gasteiger charge is 2.19. The Labute approximate surface area is 150 Å². The number of carbonyl (C=O) groups excluding carboxylic acids is 1. The predicted octanol–water partition coefficient (Wildman–Crippen LogP) is 2.06. The number of hydrogen-bond acceptors (Lipinski definition) is 7. The SMILES string of the molecule is COCCn1cnnc1S[C@@H](C)C(=O)Nc1cc(OC)ccc1OC. The molecule has 0 aliphatic heterocycles. The maximum absolute atomic E-state index is 12.5. The van der Waals surface area contributed by atoms with Gasteiger partial charge in [-0.25, -0.2) is 0 Å². The van der Waals surface area contributed by atoms with Gasteiger partial charge in [-0.15, -0.1) is 10.2 Å². The summed E-state index contributed by atoms with van der Waals surface area (Å²) in [6.45, 7) is 2.99. The number of rotatable bonds is 9. The van der Waals surface area contributed by atoms with Gasteiger partial charge in [-0.05, 0) is 19.1 Å². The van der Waals surface area contributed by atoms with Crippen molar-refractivity contribution in [2.45, 2.75) is 23.9 Å². The highest BCUT2D eigenvalue weighted by Crippen LogP contribution is 2.30. The molecule has 0 radical (unpaired) electrons. The first-order valence-electron chi connectivity index (χ1n) is 7.65. The maximum atomic E-state index is 12.5. The van der Waals surface area contributed by atoms with Gasteiger partial charge in [0.2, 0.25) is 5.91 Å². The third kappa shape index (κ3) is 5.10. The second kappa shape index (κ2) is 9.28. The summed E-state index contributed by atoms with van der Waals surface area (Å²) < 4.78 is 17.4. The number of nitrogens with zero attached hydrogens (tertiary/aromatic N) is 3. The Kier molecular flexibility index (Phi) is 7.08. The Morgan fingerprint density at radius 1 is 1.32 bits per heavy atom. The number of aromatic nitrogens is 3. The minimum Gasteiger partial charge on any atom is -0.497 e. The van der Waals surface area contributed by atoms with E-state index in [1.165, 1.54) is 11.8 Å². The van der Waals surface area contributed by atoms with E-state index in [9.17, 15) is 4.79 Å². The molecule has 0 spiro atoms. The average Bonchev–Trinajstić information content (AvgIpc) is 3.06. The fraction of sp³-hybridized carbons (Fsp3) is 0.438. The molecule has 8 nitrogen and oxygen atoms in total. The lowest BCUT2D eigenvalue weighted by Crippen LogP contribution is -2.23. The molecule has 0 fully saturated rings. The van der Waals surface area contributed by atoms with Crippen LogP contribution in [0.5, 0.6) is 11.5 Å². The van der Waals surface area contributed by atoms with E-state index in [1.807, 2.05) is 11.5 Å². The van der Waals surface area contributed by atoms with Crippen LogP contribution in [0.4, 0.5) is 5.69 Å². The van der Waals surface area contributed by atoms with E-state index in [2.05, 4.69) is 15.5 Å². The first-order chi connectivity index (χ1) is 12.1. The van der Waals surface area contributed by atoms with Gasteiger partial charge in [0.05, 0.1) is 31.8 Å². The van der Waals surface area contributed by atoms with Gasteiger partial charge in [0, 0.05) is 19.7 Å². The Morgan fingerprint density at radius 3 is 2.80 bits per heavy atom. The summed E-state index contributed by atoms with van der Waals surface area (Å²) in [5.74, 6) is 1.03. The van der Waals surface area contributed by atoms with Crippen LogP contribution < -0.4 is 14.8 Å². The summed E-state index contributed by atoms with van der Waals surface area (Å²) in [4.78, 5) is 12.5. The molecule has 136 valence electrons. The molecule has 0 aliphatic carbocycles. The van der Waals surface area contributed by atoms with Crippen LogP contribution in [0.2, 0.25) is 0 Å². The number of carbonyl (C=O) groups is 1. The van der Waals surface area contributed by atoms with Gasteiger partial charge in [0.1, 0.15) is 17.8 Å². The molecule has 1 heterocycles. The monoisotopic (exact) mass is 366 g/mol. The minimum atomic E-state index is -0.374. The van der Waals surface area contributed by atoms with Crippen LogP contribution in [0.25, 0.3) is 0 Å². The van der Waals surface area contributed by atoms with Crippen molar-refractivity contribution >= 4 is 23.4 Å². The zero-order valence-electron chi connectivity index (χ0n) is 14.7. The fourth-order valence-electron chi connectivity index (χ4n) is 2.04. The number of thioether (sulfide) groups is 1. The standard InChI is InChI=1S/C16H22N4O4S/c1-11(25-16-19-17-10-20(16)7-8-22-2)15(21)18-13-9-12(23-3)5-6-14(13)24-4/h5-6,9-11H,7-8H2,1-4H3,(H,18,21)/t11-/m0/s1. The van der Waals surface area contributed by atoms with Gasteiger partial charge in [-0.3, -0.25) is 4.79 Å². The van der Waals surface area contributed by atoms with E-state index < -0.39 is 0 Å². The van der Waals surface area contributed by atoms with Crippen LogP contribution in [-0.2, 0) is 16.1 Å². The lowest BCUT2D eigenvalue weighted by atomic mass is 10.2. The lowest BCUT2D eigenvalue weighted by Gasteiger charge is -2.15. The molecule has 0 bridgehead atoms. The van der Waals surface area contributed by atoms with E-state index in [0.717, 1.165) is 0 Å². The van der Waals surface area contributed by atoms with E-state index >= 15 is 0 Å². The number of anilines is 1. The molecule has 0 saturated heterocycles. The normalized spacial score (nSPS) is 11.8. The molecule has 1 atom stereocenters. The van der Waals surface area contributed by atoms with Crippen molar-refractivity contribution in [1.29, 1.82) is 0 Å². The van der Waals surface area contributed by atoms with Gasteiger partial charge >= 0.3 is 0 Å². The van der Waals surface area contributed by atoms with E-state index in [-0.39, 0.29) is 11.2 Å². The highest BCUT2D eigenvalue weighted by atomic mass is 32.2. The van der Waals surface area contributed by atoms with Crippen molar-refractivity contribution in [3.63, 3.8) is 0 Å². The summed E-state index contributed by atoms with van der Waals surface area (Å²) in [5, 5.41) is 11.1. The zero-order valence-corrected chi connectivity index (χ0v) is 15.5. The summed E-state index contributed by atoms with van der Waals surface area (Å²) in [6, 6.07) is 5.23. The van der Waals surface area contributed by atoms with E-state index in [4.69, 9.17) is 14.2 Å². The quantitative estimate of drug-likeness (QED) is 0.680. The van der Waals surface area contributed by atoms with Crippen molar-refractivity contribution in [3.8, 4) is 11.5 Å². The van der Waals surface area contributed by atoms with Gasteiger partial charge in [0.25, 0.3) is 0 Å². The molecule has 1 amide bonds. The molecular formula is C16H22N4O4S. The Balaban J connectivity index is 2.05. The number of amides is 1. The Bertz CT molecular complexity index is 707. The highest BCUT2D eigenvalue weighted by molar-refractivity contribution is 8.00. The van der Waals surface area contributed by atoms with Gasteiger partial charge in [-0.2, -0.15) is 0 Å². The van der Waals surface area contributed by atoms with Gasteiger partial charge < -0.3 is 24.1 Å². The second-order valence-corrected chi connectivity index (χ2v) is 6.42. The molecule has 2 rings (SSSR count). The number of ether oxygens (including phenoxy) is 3. The second-order valence-electron chi connectivity index (χ2n) is 5.12. The van der Waals surface area contributed by atoms with E-state index in [0.29, 0.717) is 35.5 Å². The van der Waals surface area contributed by atoms with Crippen molar-refractivity contribution in [2.75, 3.05) is 33.3 Å². The number of methoxy groups -OCH3 is 3. The third-order valence-corrected chi connectivity index (χ3v) is 4.53. The topological polar surface area (TPSA) is 87.5 Å². The molecule has 0 saturated carbocycles. The molecule has 9 heteroatoms. The van der Waals surface area contributed by atoms with Gasteiger partial charge in [-0.1, -0.05) is 11.8 Å². The molecule has 1 aromatic heterocycles. The smallest absolute Gasteiger partial charge is 0.237 e. The first kappa shape index (κ1) is 19.1. The molecule has 1 aromatic carbocycles. The lowest BCUT2D eigenvalue weighted by molar-refractivity contribution is -0.115. The van der Waals surface area contributed by atoms with E-state index in [1.54, 1.807) is 45.9 Å². The van der Waals surface area contributed by atoms with Crippen molar-refractivity contribution in [2.24, 2.45) is 0 Å². The molecule has 0 unspecified atom stereocenters. The predicted molar refractivity (Wildman–Crippen MR) is 95.4 cm³/mol. The van der Waals surface area contributed by atoms with Crippen molar-refractivity contribution < 1.29 is 19.0 Å². The third-order valence-electron chi connectivity index (χ3n) is 3.43. The summed E-state index contributed by atoms with van der Waals surface area (Å²) >= 11 is 1.33. The van der Waals surface area contributed by atoms with Crippen LogP contribution >= 0.6 is 11.8 Å². The summed E-state index contributed by atoms with van der Waals surface area (Å²) in [7, 11) is 4.75. The van der Waals surface area contributed by atoms with Crippen molar-refractivity contribution in [1.82, 2.24) is 14.8 Å². The van der Waals surface area contributed by atoms with Gasteiger partial charge in [0.15, 0.2) is 5.16 Å². The van der Waals surface area contributed by atoms with Crippen molar-refractivity contribution in [3.05, 3.63) is 24.5 Å². The molecule has 0 aliphatic rings. The number of nitrogens with one attached hydrogen (secondary N) is 1. The molecular weight excluding hydrogens is 344 g/mol. The van der Waals surface area contributed by atoms with Crippen LogP contribution in [0.1, 0.15) is 6.92 Å². The van der Waals surface area contributed by atoms with Crippen LogP contribution in [0.3, 0.4) is 0 Å².